The number of benzene rings is 2. The first-order valence-electron chi connectivity index (χ1n) is 11.9. The molecule has 38 heavy (non-hydrogen) atoms. The van der Waals surface area contributed by atoms with Crippen LogP contribution in [0.2, 0.25) is 0 Å². The first-order valence-corrected chi connectivity index (χ1v) is 14.9. The lowest BCUT2D eigenvalue weighted by Gasteiger charge is -2.23. The van der Waals surface area contributed by atoms with Gasteiger partial charge in [-0.15, -0.1) is 0 Å². The smallest absolute Gasteiger partial charge is 0.383 e. The molecule has 1 fully saturated rings. The number of methoxy groups -OCH3 is 1. The predicted octanol–water partition coefficient (Wildman–Crippen LogP) is 3.43. The van der Waals surface area contributed by atoms with E-state index in [1.807, 2.05) is 4.90 Å². The minimum atomic E-state index is -4.39. The molecular formula is C25H32F3N3O5S2. The zero-order valence-electron chi connectivity index (χ0n) is 21.0. The van der Waals surface area contributed by atoms with E-state index in [4.69, 9.17) is 4.74 Å². The number of halogens is 3. The van der Waals surface area contributed by atoms with Crippen LogP contribution >= 0.6 is 0 Å². The summed E-state index contributed by atoms with van der Waals surface area (Å²) in [6.45, 7) is 5.67. The van der Waals surface area contributed by atoms with E-state index in [2.05, 4.69) is 11.3 Å². The fourth-order valence-electron chi connectivity index (χ4n) is 4.14. The fraction of sp³-hybridized carbons (Fsp3) is 0.440. The van der Waals surface area contributed by atoms with E-state index in [0.29, 0.717) is 44.8 Å². The van der Waals surface area contributed by atoms with Gasteiger partial charge in [0.1, 0.15) is 0 Å². The lowest BCUT2D eigenvalue weighted by molar-refractivity contribution is -0.137. The molecule has 0 aromatic heterocycles. The second-order valence-electron chi connectivity index (χ2n) is 9.12. The van der Waals surface area contributed by atoms with Crippen LogP contribution in [0.25, 0.3) is 0 Å². The van der Waals surface area contributed by atoms with Gasteiger partial charge in [-0.2, -0.15) is 17.5 Å². The van der Waals surface area contributed by atoms with Crippen LogP contribution in [0.3, 0.4) is 0 Å². The average Bonchev–Trinajstić information content (AvgIpc) is 3.36. The topological polar surface area (TPSA) is 96.0 Å². The van der Waals surface area contributed by atoms with Crippen LogP contribution in [-0.2, 0) is 44.0 Å². The number of sulfonamides is 2. The quantitative estimate of drug-likeness (QED) is 0.393. The van der Waals surface area contributed by atoms with Gasteiger partial charge in [0.25, 0.3) is 0 Å². The first kappa shape index (κ1) is 30.3. The van der Waals surface area contributed by atoms with Crippen LogP contribution < -0.4 is 4.72 Å². The Morgan fingerprint density at radius 2 is 1.63 bits per heavy atom. The molecule has 0 spiro atoms. The van der Waals surface area contributed by atoms with Crippen molar-refractivity contribution in [3.05, 3.63) is 77.2 Å². The minimum Gasteiger partial charge on any atom is -0.383 e. The van der Waals surface area contributed by atoms with Gasteiger partial charge in [0.2, 0.25) is 20.0 Å². The van der Waals surface area contributed by atoms with E-state index < -0.39 is 31.8 Å². The molecule has 1 heterocycles. The first-order chi connectivity index (χ1) is 17.8. The Bertz CT molecular complexity index is 1280. The van der Waals surface area contributed by atoms with Crippen molar-refractivity contribution >= 4 is 20.0 Å². The molecule has 0 unspecified atom stereocenters. The van der Waals surface area contributed by atoms with Crippen molar-refractivity contribution < 1.29 is 34.7 Å². The molecule has 0 radical (unpaired) electrons. The molecule has 2 aromatic rings. The van der Waals surface area contributed by atoms with E-state index >= 15 is 0 Å². The number of nitrogens with zero attached hydrogens (tertiary/aromatic N) is 2. The van der Waals surface area contributed by atoms with Crippen molar-refractivity contribution in [2.75, 3.05) is 39.9 Å². The van der Waals surface area contributed by atoms with Crippen molar-refractivity contribution in [2.24, 2.45) is 5.92 Å². The predicted molar refractivity (Wildman–Crippen MR) is 138 cm³/mol. The van der Waals surface area contributed by atoms with Gasteiger partial charge in [-0.1, -0.05) is 30.8 Å². The number of alkyl halides is 3. The monoisotopic (exact) mass is 575 g/mol. The molecule has 2 aromatic carbocycles. The molecule has 0 bridgehead atoms. The molecule has 1 aliphatic rings. The summed E-state index contributed by atoms with van der Waals surface area (Å²) >= 11 is 0. The fourth-order valence-corrected chi connectivity index (χ4v) is 6.26. The molecule has 8 nitrogen and oxygen atoms in total. The third kappa shape index (κ3) is 8.35. The highest BCUT2D eigenvalue weighted by atomic mass is 32.2. The Morgan fingerprint density at radius 1 is 1.05 bits per heavy atom. The second kappa shape index (κ2) is 12.7. The number of ether oxygens (including phenoxy) is 1. The zero-order chi connectivity index (χ0) is 28.0. The third-order valence-electron chi connectivity index (χ3n) is 6.31. The maximum Gasteiger partial charge on any atom is 0.416 e. The SMILES string of the molecule is C=CS(=O)(=O)NC[C@H]1CCN(S(=O)(=O)c2ccc(CN(CCOC)Cc3ccc(C(F)(F)F)cc3)cc2)C1. The molecule has 1 N–H and O–H groups in total. The highest BCUT2D eigenvalue weighted by molar-refractivity contribution is 7.92. The van der Waals surface area contributed by atoms with Gasteiger partial charge in [0.05, 0.1) is 17.1 Å². The van der Waals surface area contributed by atoms with Crippen molar-refractivity contribution in [3.63, 3.8) is 0 Å². The Kier molecular flexibility index (Phi) is 10.1. The summed E-state index contributed by atoms with van der Waals surface area (Å²) in [6.07, 6.45) is -3.86. The molecular weight excluding hydrogens is 543 g/mol. The summed E-state index contributed by atoms with van der Waals surface area (Å²) in [5.41, 5.74) is 0.848. The van der Waals surface area contributed by atoms with Gasteiger partial charge in [-0.25, -0.2) is 21.6 Å². The molecule has 13 heteroatoms. The maximum atomic E-state index is 13.1. The van der Waals surface area contributed by atoms with E-state index in [1.165, 1.54) is 28.6 Å². The number of hydrogen-bond acceptors (Lipinski definition) is 6. The molecule has 210 valence electrons. The molecule has 1 aliphatic heterocycles. The summed E-state index contributed by atoms with van der Waals surface area (Å²) in [5, 5.41) is 0.817. The van der Waals surface area contributed by atoms with E-state index in [-0.39, 0.29) is 23.9 Å². The zero-order valence-corrected chi connectivity index (χ0v) is 22.7. The van der Waals surface area contributed by atoms with Gasteiger partial charge in [-0.3, -0.25) is 4.90 Å². The highest BCUT2D eigenvalue weighted by Crippen LogP contribution is 2.29. The van der Waals surface area contributed by atoms with Gasteiger partial charge in [-0.05, 0) is 47.7 Å². The number of rotatable bonds is 13. The van der Waals surface area contributed by atoms with Crippen LogP contribution in [0.1, 0.15) is 23.1 Å². The van der Waals surface area contributed by atoms with Crippen molar-refractivity contribution in [3.8, 4) is 0 Å². The Balaban J connectivity index is 1.64. The summed E-state index contributed by atoms with van der Waals surface area (Å²) in [6, 6.07) is 11.5. The van der Waals surface area contributed by atoms with Crippen molar-refractivity contribution in [1.82, 2.24) is 13.9 Å². The van der Waals surface area contributed by atoms with Gasteiger partial charge < -0.3 is 4.74 Å². The molecule has 0 amide bonds. The Labute approximate surface area is 222 Å². The number of hydrogen-bond donors (Lipinski definition) is 1. The summed E-state index contributed by atoms with van der Waals surface area (Å²) < 4.78 is 96.9. The highest BCUT2D eigenvalue weighted by Gasteiger charge is 2.33. The summed E-state index contributed by atoms with van der Waals surface area (Å²) in [5.74, 6) is -0.140. The summed E-state index contributed by atoms with van der Waals surface area (Å²) in [4.78, 5) is 2.14. The largest absolute Gasteiger partial charge is 0.416 e. The van der Waals surface area contributed by atoms with E-state index in [0.717, 1.165) is 23.1 Å². The molecule has 0 saturated carbocycles. The van der Waals surface area contributed by atoms with Crippen LogP contribution in [0.5, 0.6) is 0 Å². The van der Waals surface area contributed by atoms with Gasteiger partial charge >= 0.3 is 6.18 Å². The van der Waals surface area contributed by atoms with E-state index in [1.54, 1.807) is 19.2 Å². The molecule has 3 rings (SSSR count). The molecule has 1 atom stereocenters. The van der Waals surface area contributed by atoms with Gasteiger partial charge in [0, 0.05) is 51.8 Å². The maximum absolute atomic E-state index is 13.1. The average molecular weight is 576 g/mol. The van der Waals surface area contributed by atoms with Crippen LogP contribution in [0.15, 0.2) is 65.4 Å². The normalized spacial score (nSPS) is 17.2. The lowest BCUT2D eigenvalue weighted by Crippen LogP contribution is -2.32. The number of nitrogens with one attached hydrogen (secondary N) is 1. The standard InChI is InChI=1S/C25H32F3N3O5S2/c1-3-37(32,33)29-16-22-12-13-31(19-22)38(34,35)24-10-6-21(7-11-24)18-30(14-15-36-2)17-20-4-8-23(9-5-20)25(26,27)28/h3-11,22,29H,1,12-19H2,2H3/t22-/m1/s1. The summed E-state index contributed by atoms with van der Waals surface area (Å²) in [7, 11) is -5.75. The minimum absolute atomic E-state index is 0.134. The molecule has 0 aliphatic carbocycles. The van der Waals surface area contributed by atoms with Crippen molar-refractivity contribution in [1.29, 1.82) is 0 Å². The lowest BCUT2D eigenvalue weighted by atomic mass is 10.1. The Morgan fingerprint density at radius 3 is 2.16 bits per heavy atom. The van der Waals surface area contributed by atoms with Crippen LogP contribution in [0.4, 0.5) is 13.2 Å². The van der Waals surface area contributed by atoms with Crippen LogP contribution in [0, 0.1) is 5.92 Å². The Hall–Kier alpha value is -2.29. The third-order valence-corrected chi connectivity index (χ3v) is 9.19. The van der Waals surface area contributed by atoms with Crippen LogP contribution in [-0.4, -0.2) is 65.9 Å². The second-order valence-corrected chi connectivity index (χ2v) is 12.8. The van der Waals surface area contributed by atoms with E-state index in [9.17, 15) is 30.0 Å². The molecule has 1 saturated heterocycles. The van der Waals surface area contributed by atoms with Crippen molar-refractivity contribution in [2.45, 2.75) is 30.6 Å². The van der Waals surface area contributed by atoms with Gasteiger partial charge in [0.15, 0.2) is 0 Å².